The second kappa shape index (κ2) is 6.00. The number of aromatic nitrogens is 1. The molecule has 0 fully saturated rings. The van der Waals surface area contributed by atoms with Gasteiger partial charge >= 0.3 is 0 Å². The standard InChI is InChI=1S/C13H20NOP/c1-5-11-10(4)8-14-13(15-6-7-16)12(11)9(2)3/h8H,2,5-7,16H2,1,3-4H3. The summed E-state index contributed by atoms with van der Waals surface area (Å²) in [6.45, 7) is 10.9. The highest BCUT2D eigenvalue weighted by molar-refractivity contribution is 7.16. The van der Waals surface area contributed by atoms with E-state index in [4.69, 9.17) is 4.74 Å². The molecule has 0 bridgehead atoms. The molecular weight excluding hydrogens is 217 g/mol. The Morgan fingerprint density at radius 3 is 2.75 bits per heavy atom. The number of hydrogen-bond donors (Lipinski definition) is 0. The molecule has 0 radical (unpaired) electrons. The quantitative estimate of drug-likeness (QED) is 0.733. The number of aryl methyl sites for hydroxylation is 1. The Morgan fingerprint density at radius 2 is 2.25 bits per heavy atom. The van der Waals surface area contributed by atoms with Gasteiger partial charge in [0.2, 0.25) is 5.88 Å². The van der Waals surface area contributed by atoms with E-state index in [-0.39, 0.29) is 0 Å². The Balaban J connectivity index is 3.22. The van der Waals surface area contributed by atoms with Crippen molar-refractivity contribution < 1.29 is 4.74 Å². The maximum absolute atomic E-state index is 5.65. The van der Waals surface area contributed by atoms with E-state index in [0.717, 1.165) is 29.6 Å². The fraction of sp³-hybridized carbons (Fsp3) is 0.462. The van der Waals surface area contributed by atoms with Crippen LogP contribution in [0.1, 0.15) is 30.5 Å². The summed E-state index contributed by atoms with van der Waals surface area (Å²) in [7, 11) is 2.65. The van der Waals surface area contributed by atoms with E-state index in [2.05, 4.69) is 34.7 Å². The van der Waals surface area contributed by atoms with Crippen LogP contribution in [0.3, 0.4) is 0 Å². The van der Waals surface area contributed by atoms with Crippen LogP contribution in [0.2, 0.25) is 0 Å². The number of pyridine rings is 1. The molecule has 0 amide bonds. The molecule has 0 N–H and O–H groups in total. The summed E-state index contributed by atoms with van der Waals surface area (Å²) in [5.41, 5.74) is 4.60. The molecule has 1 atom stereocenters. The first kappa shape index (κ1) is 13.2. The number of rotatable bonds is 5. The average molecular weight is 237 g/mol. The van der Waals surface area contributed by atoms with E-state index < -0.39 is 0 Å². The monoisotopic (exact) mass is 237 g/mol. The van der Waals surface area contributed by atoms with Gasteiger partial charge in [-0.25, -0.2) is 4.98 Å². The fourth-order valence-electron chi connectivity index (χ4n) is 1.78. The molecule has 0 aliphatic carbocycles. The van der Waals surface area contributed by atoms with Crippen LogP contribution < -0.4 is 4.74 Å². The number of nitrogens with zero attached hydrogens (tertiary/aromatic N) is 1. The van der Waals surface area contributed by atoms with Gasteiger partial charge in [0.05, 0.1) is 6.61 Å². The molecule has 0 spiro atoms. The van der Waals surface area contributed by atoms with Crippen molar-refractivity contribution in [2.24, 2.45) is 0 Å². The largest absolute Gasteiger partial charge is 0.477 e. The van der Waals surface area contributed by atoms with Crippen molar-refractivity contribution in [1.29, 1.82) is 0 Å². The summed E-state index contributed by atoms with van der Waals surface area (Å²) in [4.78, 5) is 4.35. The number of allylic oxidation sites excluding steroid dienone is 1. The van der Waals surface area contributed by atoms with Gasteiger partial charge in [-0.15, -0.1) is 9.24 Å². The molecule has 88 valence electrons. The predicted octanol–water partition coefficient (Wildman–Crippen LogP) is 3.24. The van der Waals surface area contributed by atoms with Gasteiger partial charge in [-0.1, -0.05) is 13.5 Å². The fourth-order valence-corrected chi connectivity index (χ4v) is 1.90. The van der Waals surface area contributed by atoms with Crippen LogP contribution in [0.15, 0.2) is 12.8 Å². The van der Waals surface area contributed by atoms with E-state index in [1.807, 2.05) is 13.1 Å². The summed E-state index contributed by atoms with van der Waals surface area (Å²) >= 11 is 0. The molecule has 1 heterocycles. The van der Waals surface area contributed by atoms with Crippen molar-refractivity contribution in [2.75, 3.05) is 12.8 Å². The van der Waals surface area contributed by atoms with Crippen LogP contribution in [-0.4, -0.2) is 17.8 Å². The van der Waals surface area contributed by atoms with Crippen LogP contribution in [0, 0.1) is 6.92 Å². The van der Waals surface area contributed by atoms with Gasteiger partial charge < -0.3 is 4.74 Å². The zero-order valence-corrected chi connectivity index (χ0v) is 11.5. The summed E-state index contributed by atoms with van der Waals surface area (Å²) < 4.78 is 5.65. The second-order valence-corrected chi connectivity index (χ2v) is 4.45. The lowest BCUT2D eigenvalue weighted by Crippen LogP contribution is -2.05. The molecule has 0 aliphatic heterocycles. The minimum absolute atomic E-state index is 0.671. The van der Waals surface area contributed by atoms with E-state index in [1.54, 1.807) is 0 Å². The van der Waals surface area contributed by atoms with E-state index in [1.165, 1.54) is 11.1 Å². The van der Waals surface area contributed by atoms with Crippen LogP contribution in [0.5, 0.6) is 5.88 Å². The highest BCUT2D eigenvalue weighted by Gasteiger charge is 2.13. The first-order valence-electron chi connectivity index (χ1n) is 5.59. The van der Waals surface area contributed by atoms with Gasteiger partial charge in [0.15, 0.2) is 0 Å². The molecule has 1 aromatic heterocycles. The van der Waals surface area contributed by atoms with Gasteiger partial charge in [-0.2, -0.15) is 0 Å². The molecule has 0 saturated heterocycles. The third-order valence-corrected chi connectivity index (χ3v) is 2.74. The van der Waals surface area contributed by atoms with E-state index in [0.29, 0.717) is 6.61 Å². The zero-order valence-electron chi connectivity index (χ0n) is 10.3. The highest BCUT2D eigenvalue weighted by atomic mass is 31.0. The average Bonchev–Trinajstić information content (AvgIpc) is 2.26. The van der Waals surface area contributed by atoms with Crippen molar-refractivity contribution >= 4 is 14.8 Å². The molecule has 1 aromatic rings. The first-order valence-corrected chi connectivity index (χ1v) is 6.40. The molecule has 0 aromatic carbocycles. The first-order chi connectivity index (χ1) is 7.61. The molecule has 16 heavy (non-hydrogen) atoms. The van der Waals surface area contributed by atoms with Crippen molar-refractivity contribution in [1.82, 2.24) is 4.98 Å². The second-order valence-electron chi connectivity index (χ2n) is 3.87. The maximum atomic E-state index is 5.65. The van der Waals surface area contributed by atoms with Crippen LogP contribution in [0.4, 0.5) is 0 Å². The molecule has 0 aliphatic rings. The Hall–Kier alpha value is -0.880. The summed E-state index contributed by atoms with van der Waals surface area (Å²) in [6, 6.07) is 0. The third kappa shape index (κ3) is 2.82. The lowest BCUT2D eigenvalue weighted by Gasteiger charge is -2.15. The van der Waals surface area contributed by atoms with Gasteiger partial charge in [-0.3, -0.25) is 0 Å². The highest BCUT2D eigenvalue weighted by Crippen LogP contribution is 2.29. The van der Waals surface area contributed by atoms with Crippen LogP contribution in [0.25, 0.3) is 5.57 Å². The minimum Gasteiger partial charge on any atom is -0.477 e. The Bertz CT molecular complexity index is 388. The Labute approximate surface area is 100 Å². The van der Waals surface area contributed by atoms with E-state index >= 15 is 0 Å². The Kier molecular flexibility index (Phi) is 4.95. The molecule has 2 nitrogen and oxygen atoms in total. The zero-order chi connectivity index (χ0) is 12.1. The summed E-state index contributed by atoms with van der Waals surface area (Å²) in [5.74, 6) is 0.720. The van der Waals surface area contributed by atoms with E-state index in [9.17, 15) is 0 Å². The number of hydrogen-bond acceptors (Lipinski definition) is 2. The lowest BCUT2D eigenvalue weighted by atomic mass is 9.98. The van der Waals surface area contributed by atoms with Gasteiger partial charge in [0, 0.05) is 11.8 Å². The molecule has 3 heteroatoms. The number of ether oxygens (including phenoxy) is 1. The van der Waals surface area contributed by atoms with Crippen LogP contribution >= 0.6 is 9.24 Å². The molecule has 0 saturated carbocycles. The molecule has 1 rings (SSSR count). The molecule has 1 unspecified atom stereocenters. The van der Waals surface area contributed by atoms with Crippen molar-refractivity contribution in [3.05, 3.63) is 29.5 Å². The SMILES string of the molecule is C=C(C)c1c(OCCP)ncc(C)c1CC. The minimum atomic E-state index is 0.671. The smallest absolute Gasteiger partial charge is 0.221 e. The van der Waals surface area contributed by atoms with Crippen molar-refractivity contribution in [3.63, 3.8) is 0 Å². The predicted molar refractivity (Wildman–Crippen MR) is 73.1 cm³/mol. The lowest BCUT2D eigenvalue weighted by molar-refractivity contribution is 0.328. The van der Waals surface area contributed by atoms with Crippen molar-refractivity contribution in [2.45, 2.75) is 27.2 Å². The van der Waals surface area contributed by atoms with Gasteiger partial charge in [0.1, 0.15) is 0 Å². The third-order valence-electron chi connectivity index (χ3n) is 2.50. The van der Waals surface area contributed by atoms with Gasteiger partial charge in [0.25, 0.3) is 0 Å². The summed E-state index contributed by atoms with van der Waals surface area (Å²) in [6.07, 6.45) is 3.77. The Morgan fingerprint density at radius 1 is 1.56 bits per heavy atom. The topological polar surface area (TPSA) is 22.1 Å². The normalized spacial score (nSPS) is 10.2. The maximum Gasteiger partial charge on any atom is 0.221 e. The van der Waals surface area contributed by atoms with Gasteiger partial charge in [-0.05, 0) is 43.1 Å². The van der Waals surface area contributed by atoms with Crippen molar-refractivity contribution in [3.8, 4) is 5.88 Å². The summed E-state index contributed by atoms with van der Waals surface area (Å²) in [5, 5.41) is 0. The molecular formula is C13H20NOP. The van der Waals surface area contributed by atoms with Crippen LogP contribution in [-0.2, 0) is 6.42 Å².